The molecule has 32 heavy (non-hydrogen) atoms. The Balaban J connectivity index is 1.61. The fourth-order valence-corrected chi connectivity index (χ4v) is 3.72. The summed E-state index contributed by atoms with van der Waals surface area (Å²) in [5.41, 5.74) is 3.47. The molecule has 0 bridgehead atoms. The van der Waals surface area contributed by atoms with Crippen LogP contribution < -0.4 is 4.74 Å². The number of hydrogen-bond donors (Lipinski definition) is 0. The number of rotatable bonds is 8. The van der Waals surface area contributed by atoms with Gasteiger partial charge in [-0.2, -0.15) is 0 Å². The van der Waals surface area contributed by atoms with Crippen molar-refractivity contribution in [1.29, 1.82) is 0 Å². The van der Waals surface area contributed by atoms with Crippen molar-refractivity contribution in [3.8, 4) is 5.75 Å². The van der Waals surface area contributed by atoms with Gasteiger partial charge in [0, 0.05) is 30.5 Å². The highest BCUT2D eigenvalue weighted by Crippen LogP contribution is 2.19. The van der Waals surface area contributed by atoms with E-state index in [2.05, 4.69) is 0 Å². The van der Waals surface area contributed by atoms with Gasteiger partial charge in [0.1, 0.15) is 11.6 Å². The average Bonchev–Trinajstić information content (AvgIpc) is 3.25. The highest BCUT2D eigenvalue weighted by Gasteiger charge is 2.19. The average molecular weight is 429 g/mol. The van der Waals surface area contributed by atoms with Crippen LogP contribution in [0.15, 0.2) is 97.2 Å². The number of ether oxygens (including phenoxy) is 1. The predicted molar refractivity (Wildman–Crippen MR) is 123 cm³/mol. The molecule has 3 aromatic carbocycles. The Bertz CT molecular complexity index is 1190. The Kier molecular flexibility index (Phi) is 6.66. The highest BCUT2D eigenvalue weighted by atomic mass is 19.1. The lowest BCUT2D eigenvalue weighted by Gasteiger charge is -2.24. The van der Waals surface area contributed by atoms with Crippen LogP contribution in [-0.4, -0.2) is 22.5 Å². The van der Waals surface area contributed by atoms with Crippen molar-refractivity contribution in [2.24, 2.45) is 0 Å². The second-order valence-corrected chi connectivity index (χ2v) is 7.64. The molecule has 4 aromatic rings. The van der Waals surface area contributed by atoms with Crippen LogP contribution in [0.3, 0.4) is 0 Å². The van der Waals surface area contributed by atoms with Crippen molar-refractivity contribution in [2.75, 3.05) is 7.11 Å². The summed E-state index contributed by atoms with van der Waals surface area (Å²) in [6.45, 7) is 1.43. The van der Waals surface area contributed by atoms with Gasteiger partial charge < -0.3 is 14.2 Å². The van der Waals surface area contributed by atoms with E-state index in [9.17, 15) is 9.18 Å². The molecule has 0 aliphatic rings. The molecule has 0 aliphatic heterocycles. The second-order valence-electron chi connectivity index (χ2n) is 7.64. The van der Waals surface area contributed by atoms with Crippen molar-refractivity contribution in [3.63, 3.8) is 0 Å². The number of amides is 1. The summed E-state index contributed by atoms with van der Waals surface area (Å²) in [7, 11) is 1.59. The van der Waals surface area contributed by atoms with Gasteiger partial charge in [0.15, 0.2) is 0 Å². The van der Waals surface area contributed by atoms with E-state index in [4.69, 9.17) is 4.74 Å². The first-order valence-electron chi connectivity index (χ1n) is 10.5. The Morgan fingerprint density at radius 1 is 0.875 bits per heavy atom. The molecule has 0 N–H and O–H groups in total. The first-order valence-corrected chi connectivity index (χ1v) is 10.5. The van der Waals surface area contributed by atoms with Crippen molar-refractivity contribution < 1.29 is 13.9 Å². The number of methoxy groups -OCH3 is 1. The monoisotopic (exact) mass is 428 g/mol. The molecule has 0 saturated carbocycles. The number of nitrogens with zero attached hydrogens (tertiary/aromatic N) is 2. The Hall–Kier alpha value is -3.86. The summed E-state index contributed by atoms with van der Waals surface area (Å²) in [5, 5.41) is 0. The molecule has 162 valence electrons. The van der Waals surface area contributed by atoms with Crippen LogP contribution in [-0.2, 0) is 19.6 Å². The standard InChI is InChI=1S/C27H25FN2O2/c1-32-26-14-6-11-23(17-26)27(31)30(18-21-8-3-2-4-9-21)20-25-13-7-15-29(25)19-22-10-5-12-24(28)16-22/h2-17H,18-20H2,1H3. The van der Waals surface area contributed by atoms with Gasteiger partial charge in [-0.05, 0) is 53.6 Å². The number of halogens is 1. The molecule has 1 heterocycles. The maximum Gasteiger partial charge on any atom is 0.254 e. The second kappa shape index (κ2) is 9.96. The van der Waals surface area contributed by atoms with Crippen LogP contribution in [0.2, 0.25) is 0 Å². The number of aromatic nitrogens is 1. The molecule has 0 aliphatic carbocycles. The van der Waals surface area contributed by atoms with Gasteiger partial charge in [-0.3, -0.25) is 4.79 Å². The Morgan fingerprint density at radius 2 is 1.66 bits per heavy atom. The molecule has 5 heteroatoms. The lowest BCUT2D eigenvalue weighted by atomic mass is 10.1. The molecule has 1 amide bonds. The van der Waals surface area contributed by atoms with Crippen LogP contribution in [0.5, 0.6) is 5.75 Å². The van der Waals surface area contributed by atoms with Gasteiger partial charge in [-0.1, -0.05) is 48.5 Å². The zero-order chi connectivity index (χ0) is 22.3. The summed E-state index contributed by atoms with van der Waals surface area (Å²) in [4.78, 5) is 15.3. The topological polar surface area (TPSA) is 34.5 Å². The number of hydrogen-bond acceptors (Lipinski definition) is 2. The van der Waals surface area contributed by atoms with Gasteiger partial charge in [0.25, 0.3) is 5.91 Å². The van der Waals surface area contributed by atoms with Crippen LogP contribution in [0.25, 0.3) is 0 Å². The quantitative estimate of drug-likeness (QED) is 0.370. The summed E-state index contributed by atoms with van der Waals surface area (Å²) in [6, 6.07) is 27.6. The molecule has 0 spiro atoms. The van der Waals surface area contributed by atoms with E-state index in [-0.39, 0.29) is 11.7 Å². The van der Waals surface area contributed by atoms with E-state index >= 15 is 0 Å². The van der Waals surface area contributed by atoms with Gasteiger partial charge in [0.2, 0.25) is 0 Å². The molecule has 0 saturated heterocycles. The maximum absolute atomic E-state index is 13.6. The van der Waals surface area contributed by atoms with E-state index < -0.39 is 0 Å². The van der Waals surface area contributed by atoms with E-state index in [0.717, 1.165) is 16.8 Å². The van der Waals surface area contributed by atoms with E-state index in [1.54, 1.807) is 25.3 Å². The Morgan fingerprint density at radius 3 is 2.44 bits per heavy atom. The van der Waals surface area contributed by atoms with Crippen molar-refractivity contribution in [1.82, 2.24) is 9.47 Å². The number of benzene rings is 3. The summed E-state index contributed by atoms with van der Waals surface area (Å²) < 4.78 is 21.0. The lowest BCUT2D eigenvalue weighted by molar-refractivity contribution is 0.0726. The first-order chi connectivity index (χ1) is 15.6. The van der Waals surface area contributed by atoms with Crippen LogP contribution in [0, 0.1) is 5.82 Å². The molecule has 0 unspecified atom stereocenters. The molecule has 4 rings (SSSR count). The molecular formula is C27H25FN2O2. The predicted octanol–water partition coefficient (Wildman–Crippen LogP) is 5.53. The summed E-state index contributed by atoms with van der Waals surface area (Å²) >= 11 is 0. The fourth-order valence-electron chi connectivity index (χ4n) is 3.72. The van der Waals surface area contributed by atoms with Crippen LogP contribution in [0.1, 0.15) is 27.2 Å². The third-order valence-corrected chi connectivity index (χ3v) is 5.34. The normalized spacial score (nSPS) is 10.7. The summed E-state index contributed by atoms with van der Waals surface area (Å²) in [5.74, 6) is 0.311. The largest absolute Gasteiger partial charge is 0.497 e. The van der Waals surface area contributed by atoms with Crippen molar-refractivity contribution in [3.05, 3.63) is 125 Å². The molecule has 4 nitrogen and oxygen atoms in total. The van der Waals surface area contributed by atoms with Gasteiger partial charge in [-0.25, -0.2) is 4.39 Å². The third-order valence-electron chi connectivity index (χ3n) is 5.34. The van der Waals surface area contributed by atoms with E-state index in [1.165, 1.54) is 12.1 Å². The van der Waals surface area contributed by atoms with Crippen molar-refractivity contribution in [2.45, 2.75) is 19.6 Å². The minimum absolute atomic E-state index is 0.0775. The molecule has 0 fully saturated rings. The van der Waals surface area contributed by atoms with Crippen LogP contribution in [0.4, 0.5) is 4.39 Å². The maximum atomic E-state index is 13.6. The van der Waals surface area contributed by atoms with Crippen LogP contribution >= 0.6 is 0 Å². The molecule has 1 aromatic heterocycles. The lowest BCUT2D eigenvalue weighted by Crippen LogP contribution is -2.31. The minimum atomic E-state index is -0.255. The molecular weight excluding hydrogens is 403 g/mol. The first kappa shape index (κ1) is 21.4. The highest BCUT2D eigenvalue weighted by molar-refractivity contribution is 5.94. The third kappa shape index (κ3) is 5.24. The Labute approximate surface area is 187 Å². The molecule has 0 atom stereocenters. The smallest absolute Gasteiger partial charge is 0.254 e. The minimum Gasteiger partial charge on any atom is -0.497 e. The van der Waals surface area contributed by atoms with Gasteiger partial charge in [0.05, 0.1) is 13.7 Å². The zero-order valence-corrected chi connectivity index (χ0v) is 17.9. The molecule has 0 radical (unpaired) electrons. The zero-order valence-electron chi connectivity index (χ0n) is 17.9. The SMILES string of the molecule is COc1cccc(C(=O)N(Cc2ccccc2)Cc2cccn2Cc2cccc(F)c2)c1. The van der Waals surface area contributed by atoms with E-state index in [0.29, 0.717) is 30.9 Å². The van der Waals surface area contributed by atoms with E-state index in [1.807, 2.05) is 76.3 Å². The number of carbonyl (C=O) groups is 1. The van der Waals surface area contributed by atoms with Gasteiger partial charge in [-0.15, -0.1) is 0 Å². The van der Waals surface area contributed by atoms with Gasteiger partial charge >= 0.3 is 0 Å². The summed E-state index contributed by atoms with van der Waals surface area (Å²) in [6.07, 6.45) is 1.96. The number of carbonyl (C=O) groups excluding carboxylic acids is 1. The fraction of sp³-hybridized carbons (Fsp3) is 0.148. The van der Waals surface area contributed by atoms with Crippen molar-refractivity contribution >= 4 is 5.91 Å².